The summed E-state index contributed by atoms with van der Waals surface area (Å²) in [6, 6.07) is 6.66. The quantitative estimate of drug-likeness (QED) is 0.326. The van der Waals surface area contributed by atoms with Crippen molar-refractivity contribution in [1.29, 1.82) is 0 Å². The van der Waals surface area contributed by atoms with Gasteiger partial charge in [-0.3, -0.25) is 0 Å². The molecule has 8 unspecified atom stereocenters. The average molecular weight is 519 g/mol. The molecule has 0 heterocycles. The minimum Gasteiger partial charge on any atom is -0.489 e. The van der Waals surface area contributed by atoms with Gasteiger partial charge in [-0.1, -0.05) is 97.1 Å². The molecule has 0 aromatic heterocycles. The van der Waals surface area contributed by atoms with E-state index in [1.807, 2.05) is 0 Å². The Bertz CT molecular complexity index is 1030. The molecule has 0 aliphatic heterocycles. The van der Waals surface area contributed by atoms with E-state index in [0.29, 0.717) is 10.8 Å². The lowest BCUT2D eigenvalue weighted by atomic mass is 9.44. The molecule has 0 N–H and O–H groups in total. The molecular formula is C37H58O. The number of benzene rings is 1. The van der Waals surface area contributed by atoms with E-state index in [4.69, 9.17) is 4.74 Å². The molecule has 1 aromatic carbocycles. The Balaban J connectivity index is 1.34. The maximum absolute atomic E-state index is 6.82. The number of hydrogen-bond donors (Lipinski definition) is 0. The highest BCUT2D eigenvalue weighted by Crippen LogP contribution is 2.69. The van der Waals surface area contributed by atoms with Crippen LogP contribution in [0.1, 0.15) is 124 Å². The predicted molar refractivity (Wildman–Crippen MR) is 163 cm³/mol. The molecule has 5 rings (SSSR count). The Hall–Kier alpha value is -1.24. The molecule has 1 heteroatoms. The number of aryl methyl sites for hydroxylation is 2. The zero-order chi connectivity index (χ0) is 27.5. The molecule has 0 bridgehead atoms. The molecule has 1 nitrogen and oxygen atoms in total. The lowest BCUT2D eigenvalue weighted by Gasteiger charge is -2.61. The summed E-state index contributed by atoms with van der Waals surface area (Å²) in [6.07, 6.45) is 16.9. The molecule has 0 amide bonds. The number of rotatable bonds is 7. The van der Waals surface area contributed by atoms with Crippen molar-refractivity contribution in [2.45, 2.75) is 133 Å². The van der Waals surface area contributed by atoms with Crippen molar-refractivity contribution in [3.8, 4) is 5.75 Å². The van der Waals surface area contributed by atoms with Gasteiger partial charge in [-0.2, -0.15) is 0 Å². The summed E-state index contributed by atoms with van der Waals surface area (Å²) in [6.45, 7) is 22.1. The van der Waals surface area contributed by atoms with E-state index >= 15 is 0 Å². The average Bonchev–Trinajstić information content (AvgIpc) is 3.19. The minimum absolute atomic E-state index is 0.0825. The largest absolute Gasteiger partial charge is 0.489 e. The highest BCUT2D eigenvalue weighted by molar-refractivity contribution is 5.37. The van der Waals surface area contributed by atoms with Crippen LogP contribution in [-0.2, 0) is 0 Å². The van der Waals surface area contributed by atoms with E-state index in [1.165, 1.54) is 75.3 Å². The fraction of sp³-hybridized carbons (Fsp3) is 0.784. The number of hydrogen-bond acceptors (Lipinski definition) is 1. The summed E-state index contributed by atoms with van der Waals surface area (Å²) >= 11 is 0. The first-order chi connectivity index (χ1) is 17.9. The molecule has 4 aliphatic carbocycles. The summed E-state index contributed by atoms with van der Waals surface area (Å²) < 4.78 is 6.82. The monoisotopic (exact) mass is 518 g/mol. The van der Waals surface area contributed by atoms with Gasteiger partial charge in [-0.05, 0) is 117 Å². The van der Waals surface area contributed by atoms with Gasteiger partial charge in [0.15, 0.2) is 0 Å². The molecule has 1 aromatic rings. The second kappa shape index (κ2) is 10.3. The summed E-state index contributed by atoms with van der Waals surface area (Å²) in [5.41, 5.74) is 5.31. The Morgan fingerprint density at radius 1 is 0.895 bits per heavy atom. The van der Waals surface area contributed by atoms with Crippen molar-refractivity contribution in [2.75, 3.05) is 0 Å². The lowest BCUT2D eigenvalue weighted by molar-refractivity contribution is -0.0741. The minimum atomic E-state index is 0.0825. The van der Waals surface area contributed by atoms with Crippen LogP contribution in [0.25, 0.3) is 0 Å². The predicted octanol–water partition coefficient (Wildman–Crippen LogP) is 10.7. The van der Waals surface area contributed by atoms with Crippen LogP contribution in [0.15, 0.2) is 29.8 Å². The van der Waals surface area contributed by atoms with Crippen LogP contribution in [0.3, 0.4) is 0 Å². The zero-order valence-electron chi connectivity index (χ0n) is 26.3. The third kappa shape index (κ3) is 4.71. The fourth-order valence-electron chi connectivity index (χ4n) is 10.7. The van der Waals surface area contributed by atoms with Crippen LogP contribution in [0.4, 0.5) is 0 Å². The van der Waals surface area contributed by atoms with Gasteiger partial charge in [0.25, 0.3) is 0 Å². The van der Waals surface area contributed by atoms with E-state index in [1.54, 1.807) is 5.57 Å². The molecule has 0 saturated heterocycles. The standard InChI is InChI=1S/C37H58O/c1-24(2)11-10-12-26(4)29-15-16-30-28-14-18-33-35(6,7)34(38-32-17-13-25(3)23-27(32)5)20-22-37(33,9)31(28)19-21-36(29,30)8/h13,17-18,23-24,26,28-31,34H,10-12,14-16,19-22H2,1-9H3. The fourth-order valence-corrected chi connectivity index (χ4v) is 10.7. The van der Waals surface area contributed by atoms with Crippen molar-refractivity contribution in [2.24, 2.45) is 51.8 Å². The highest BCUT2D eigenvalue weighted by Gasteiger charge is 2.61. The Kier molecular flexibility index (Phi) is 7.67. The van der Waals surface area contributed by atoms with E-state index in [9.17, 15) is 0 Å². The van der Waals surface area contributed by atoms with Crippen LogP contribution >= 0.6 is 0 Å². The van der Waals surface area contributed by atoms with Crippen molar-refractivity contribution >= 4 is 0 Å². The first-order valence-corrected chi connectivity index (χ1v) is 16.3. The third-order valence-corrected chi connectivity index (χ3v) is 12.7. The molecule has 8 atom stereocenters. The Morgan fingerprint density at radius 2 is 1.66 bits per heavy atom. The van der Waals surface area contributed by atoms with Gasteiger partial charge in [-0.25, -0.2) is 0 Å². The summed E-state index contributed by atoms with van der Waals surface area (Å²) in [7, 11) is 0. The van der Waals surface area contributed by atoms with Gasteiger partial charge < -0.3 is 4.74 Å². The first-order valence-electron chi connectivity index (χ1n) is 16.3. The maximum Gasteiger partial charge on any atom is 0.122 e. The summed E-state index contributed by atoms with van der Waals surface area (Å²) in [4.78, 5) is 0. The Labute approximate surface area is 235 Å². The molecule has 38 heavy (non-hydrogen) atoms. The van der Waals surface area contributed by atoms with Crippen LogP contribution in [0, 0.1) is 65.6 Å². The zero-order valence-corrected chi connectivity index (χ0v) is 26.3. The SMILES string of the molecule is Cc1ccc(OC2CCC3(C)C(=CCC4C3CCC3(C)C(C(C)CCCC(C)C)CCC43)C2(C)C)c(C)c1. The van der Waals surface area contributed by atoms with Crippen molar-refractivity contribution < 1.29 is 4.74 Å². The number of fused-ring (bicyclic) bond motifs is 5. The molecule has 0 spiro atoms. The van der Waals surface area contributed by atoms with E-state index < -0.39 is 0 Å². The molecular weight excluding hydrogens is 460 g/mol. The van der Waals surface area contributed by atoms with E-state index in [-0.39, 0.29) is 11.5 Å². The summed E-state index contributed by atoms with van der Waals surface area (Å²) in [5.74, 6) is 6.44. The topological polar surface area (TPSA) is 9.23 Å². The number of allylic oxidation sites excluding steroid dienone is 1. The molecule has 4 aliphatic rings. The first kappa shape index (κ1) is 28.3. The van der Waals surface area contributed by atoms with Crippen molar-refractivity contribution in [3.05, 3.63) is 41.0 Å². The molecule has 3 fully saturated rings. The molecule has 3 saturated carbocycles. The van der Waals surface area contributed by atoms with Gasteiger partial charge in [0.2, 0.25) is 0 Å². The van der Waals surface area contributed by atoms with E-state index in [0.717, 1.165) is 41.3 Å². The van der Waals surface area contributed by atoms with Crippen LogP contribution in [0.2, 0.25) is 0 Å². The van der Waals surface area contributed by atoms with Gasteiger partial charge in [0.05, 0.1) is 0 Å². The van der Waals surface area contributed by atoms with Crippen LogP contribution in [-0.4, -0.2) is 6.10 Å². The van der Waals surface area contributed by atoms with Crippen molar-refractivity contribution in [1.82, 2.24) is 0 Å². The van der Waals surface area contributed by atoms with Gasteiger partial charge in [-0.15, -0.1) is 0 Å². The van der Waals surface area contributed by atoms with Gasteiger partial charge in [0.1, 0.15) is 11.9 Å². The lowest BCUT2D eigenvalue weighted by Crippen LogP contribution is -2.55. The second-order valence-electron chi connectivity index (χ2n) is 15.8. The number of ether oxygens (including phenoxy) is 1. The summed E-state index contributed by atoms with van der Waals surface area (Å²) in [5, 5.41) is 0. The van der Waals surface area contributed by atoms with Crippen molar-refractivity contribution in [3.63, 3.8) is 0 Å². The molecule has 0 radical (unpaired) electrons. The second-order valence-corrected chi connectivity index (χ2v) is 15.8. The maximum atomic E-state index is 6.82. The smallest absolute Gasteiger partial charge is 0.122 e. The van der Waals surface area contributed by atoms with Crippen LogP contribution in [0.5, 0.6) is 5.75 Å². The normalized spacial score (nSPS) is 38.7. The highest BCUT2D eigenvalue weighted by atomic mass is 16.5. The van der Waals surface area contributed by atoms with Gasteiger partial charge >= 0.3 is 0 Å². The molecule has 212 valence electrons. The van der Waals surface area contributed by atoms with Gasteiger partial charge in [0, 0.05) is 5.41 Å². The Morgan fingerprint density at radius 3 is 2.37 bits per heavy atom. The van der Waals surface area contributed by atoms with Crippen LogP contribution < -0.4 is 4.74 Å². The third-order valence-electron chi connectivity index (χ3n) is 12.7. The van der Waals surface area contributed by atoms with E-state index in [2.05, 4.69) is 86.6 Å².